The Labute approximate surface area is 178 Å². The van der Waals surface area contributed by atoms with Crippen molar-refractivity contribution in [2.75, 3.05) is 6.61 Å². The van der Waals surface area contributed by atoms with Gasteiger partial charge in [0.1, 0.15) is 6.10 Å². The predicted octanol–water partition coefficient (Wildman–Crippen LogP) is 5.32. The van der Waals surface area contributed by atoms with E-state index in [0.717, 1.165) is 25.7 Å². The summed E-state index contributed by atoms with van der Waals surface area (Å²) in [5, 5.41) is 14.6. The van der Waals surface area contributed by atoms with Crippen LogP contribution >= 0.6 is 23.2 Å². The molecule has 29 heavy (non-hydrogen) atoms. The predicted molar refractivity (Wildman–Crippen MR) is 107 cm³/mol. The molecule has 0 aliphatic rings. The lowest BCUT2D eigenvalue weighted by Crippen LogP contribution is -2.18. The summed E-state index contributed by atoms with van der Waals surface area (Å²) in [6.07, 6.45) is 7.92. The first kappa shape index (κ1) is 24.5. The molecular formula is C18H23Cl2N3O6. The molecule has 0 saturated carbocycles. The molecule has 0 aliphatic carbocycles. The zero-order chi connectivity index (χ0) is 21.6. The first-order chi connectivity index (χ1) is 13.8. The fourth-order valence-corrected chi connectivity index (χ4v) is 2.91. The van der Waals surface area contributed by atoms with E-state index >= 15 is 0 Å². The van der Waals surface area contributed by atoms with E-state index in [0.29, 0.717) is 28.8 Å². The van der Waals surface area contributed by atoms with E-state index in [1.165, 1.54) is 0 Å². The molecule has 1 aromatic carbocycles. The minimum Gasteiger partial charge on any atom is -0.434 e. The van der Waals surface area contributed by atoms with Crippen LogP contribution in [0, 0.1) is 10.1 Å². The largest absolute Gasteiger partial charge is 0.508 e. The van der Waals surface area contributed by atoms with E-state index in [-0.39, 0.29) is 0 Å². The topological polar surface area (TPSA) is 117 Å². The molecule has 2 rings (SSSR count). The molecule has 1 atom stereocenters. The van der Waals surface area contributed by atoms with Crippen LogP contribution in [-0.4, -0.2) is 32.6 Å². The van der Waals surface area contributed by atoms with Gasteiger partial charge in [-0.3, -0.25) is 0 Å². The van der Waals surface area contributed by atoms with Crippen LogP contribution in [0.5, 0.6) is 0 Å². The van der Waals surface area contributed by atoms with Crippen LogP contribution in [0.1, 0.15) is 44.3 Å². The minimum atomic E-state index is -1.50. The van der Waals surface area contributed by atoms with Crippen LogP contribution in [-0.2, 0) is 16.0 Å². The van der Waals surface area contributed by atoms with Crippen molar-refractivity contribution in [1.82, 2.24) is 9.55 Å². The molecule has 11 heteroatoms. The molecule has 0 fully saturated rings. The zero-order valence-corrected chi connectivity index (χ0v) is 17.4. The van der Waals surface area contributed by atoms with Gasteiger partial charge in [0.05, 0.1) is 19.5 Å². The van der Waals surface area contributed by atoms with Crippen molar-refractivity contribution in [3.63, 3.8) is 0 Å². The van der Waals surface area contributed by atoms with Gasteiger partial charge < -0.3 is 19.2 Å². The van der Waals surface area contributed by atoms with Crippen molar-refractivity contribution >= 4 is 29.4 Å². The average molecular weight is 448 g/mol. The maximum Gasteiger partial charge on any atom is 0.508 e. The van der Waals surface area contributed by atoms with Crippen molar-refractivity contribution < 1.29 is 24.6 Å². The minimum absolute atomic E-state index is 0.352. The number of aromatic nitrogens is 2. The highest BCUT2D eigenvalue weighted by atomic mass is 35.5. The summed E-state index contributed by atoms with van der Waals surface area (Å²) in [5.41, 5.74) is 0.669. The molecule has 0 radical (unpaired) electrons. The number of rotatable bonds is 9. The van der Waals surface area contributed by atoms with E-state index < -0.39 is 17.3 Å². The molecule has 1 N–H and O–H groups in total. The van der Waals surface area contributed by atoms with Gasteiger partial charge in [-0.1, -0.05) is 55.5 Å². The van der Waals surface area contributed by atoms with Gasteiger partial charge in [0, 0.05) is 28.0 Å². The molecule has 9 nitrogen and oxygen atoms in total. The van der Waals surface area contributed by atoms with Gasteiger partial charge in [-0.15, -0.1) is 10.1 Å². The van der Waals surface area contributed by atoms with Gasteiger partial charge in [0.15, 0.2) is 0 Å². The van der Waals surface area contributed by atoms with Gasteiger partial charge in [-0.25, -0.2) is 9.78 Å². The van der Waals surface area contributed by atoms with Crippen LogP contribution in [0.3, 0.4) is 0 Å². The van der Waals surface area contributed by atoms with Gasteiger partial charge in [-0.2, -0.15) is 0 Å². The summed E-state index contributed by atoms with van der Waals surface area (Å²) in [4.78, 5) is 24.4. The number of hydrogen-bond acceptors (Lipinski definition) is 6. The lowest BCUT2D eigenvalue weighted by atomic mass is 10.1. The maximum atomic E-state index is 12.0. The van der Waals surface area contributed by atoms with Crippen molar-refractivity contribution in [2.24, 2.45) is 0 Å². The van der Waals surface area contributed by atoms with E-state index in [2.05, 4.69) is 11.9 Å². The number of ether oxygens (including phenoxy) is 2. The Morgan fingerprint density at radius 3 is 2.66 bits per heavy atom. The Balaban J connectivity index is 0.000000960. The van der Waals surface area contributed by atoms with E-state index in [1.54, 1.807) is 36.9 Å². The summed E-state index contributed by atoms with van der Waals surface area (Å²) < 4.78 is 12.5. The quantitative estimate of drug-likeness (QED) is 0.239. The molecule has 1 unspecified atom stereocenters. The van der Waals surface area contributed by atoms with Crippen molar-refractivity contribution in [3.8, 4) is 0 Å². The number of carbonyl (C=O) groups excluding carboxylic acids is 1. The number of halogens is 2. The highest BCUT2D eigenvalue weighted by Gasteiger charge is 2.21. The molecule has 1 heterocycles. The second kappa shape index (κ2) is 13.6. The molecule has 0 bridgehead atoms. The van der Waals surface area contributed by atoms with Gasteiger partial charge >= 0.3 is 6.16 Å². The standard InChI is InChI=1S/C18H22Cl2N2O3.HNO3/c1-2-3-4-5-10-24-18(23)25-17(12-22-9-8-21-13-22)15-7-6-14(19)11-16(15)20;2-1(3)4/h6-9,11,13,17H,2-5,10,12H2,1H3;(H,2,3,4). The molecule has 0 aliphatic heterocycles. The third kappa shape index (κ3) is 10.6. The molecule has 160 valence electrons. The summed E-state index contributed by atoms with van der Waals surface area (Å²) in [6, 6.07) is 5.09. The first-order valence-corrected chi connectivity index (χ1v) is 9.66. The molecule has 2 aromatic rings. The normalized spacial score (nSPS) is 11.1. The van der Waals surface area contributed by atoms with Crippen molar-refractivity contribution in [1.29, 1.82) is 0 Å². The Kier molecular flexibility index (Phi) is 11.5. The van der Waals surface area contributed by atoms with E-state index in [1.807, 2.05) is 4.57 Å². The number of imidazole rings is 1. The van der Waals surface area contributed by atoms with Crippen LogP contribution in [0.15, 0.2) is 36.9 Å². The third-order valence-corrected chi connectivity index (χ3v) is 4.26. The number of benzene rings is 1. The van der Waals surface area contributed by atoms with Crippen LogP contribution in [0.25, 0.3) is 0 Å². The Hall–Kier alpha value is -2.52. The Morgan fingerprint density at radius 1 is 1.34 bits per heavy atom. The van der Waals surface area contributed by atoms with Crippen LogP contribution < -0.4 is 0 Å². The Morgan fingerprint density at radius 2 is 2.07 bits per heavy atom. The second-order valence-corrected chi connectivity index (χ2v) is 6.77. The summed E-state index contributed by atoms with van der Waals surface area (Å²) >= 11 is 12.2. The monoisotopic (exact) mass is 447 g/mol. The Bertz CT molecular complexity index is 754. The molecule has 0 saturated heterocycles. The lowest BCUT2D eigenvalue weighted by molar-refractivity contribution is -0.742. The summed E-state index contributed by atoms with van der Waals surface area (Å²) in [5.74, 6) is 0. The number of nitrogens with zero attached hydrogens (tertiary/aromatic N) is 3. The van der Waals surface area contributed by atoms with Crippen molar-refractivity contribution in [2.45, 2.75) is 45.3 Å². The highest BCUT2D eigenvalue weighted by molar-refractivity contribution is 6.35. The number of unbranched alkanes of at least 4 members (excludes halogenated alkanes) is 3. The fraction of sp³-hybridized carbons (Fsp3) is 0.444. The van der Waals surface area contributed by atoms with Crippen molar-refractivity contribution in [3.05, 3.63) is 62.6 Å². The fourth-order valence-electron chi connectivity index (χ4n) is 2.38. The van der Waals surface area contributed by atoms with Crippen LogP contribution in [0.4, 0.5) is 4.79 Å². The first-order valence-electron chi connectivity index (χ1n) is 8.90. The molecule has 1 aromatic heterocycles. The number of carbonyl (C=O) groups is 1. The second-order valence-electron chi connectivity index (χ2n) is 5.93. The van der Waals surface area contributed by atoms with E-state index in [9.17, 15) is 4.79 Å². The SMILES string of the molecule is CCCCCCOC(=O)OC(Cn1ccnc1)c1ccc(Cl)cc1Cl.O=[N+]([O-])O. The lowest BCUT2D eigenvalue weighted by Gasteiger charge is -2.19. The average Bonchev–Trinajstić information content (AvgIpc) is 3.14. The van der Waals surface area contributed by atoms with Gasteiger partial charge in [0.2, 0.25) is 0 Å². The summed E-state index contributed by atoms with van der Waals surface area (Å²) in [7, 11) is 0. The molecular weight excluding hydrogens is 425 g/mol. The maximum absolute atomic E-state index is 12.0. The highest BCUT2D eigenvalue weighted by Crippen LogP contribution is 2.30. The number of hydrogen-bond donors (Lipinski definition) is 1. The summed E-state index contributed by atoms with van der Waals surface area (Å²) in [6.45, 7) is 2.86. The van der Waals surface area contributed by atoms with Gasteiger partial charge in [-0.05, 0) is 18.6 Å². The van der Waals surface area contributed by atoms with Crippen LogP contribution in [0.2, 0.25) is 10.0 Å². The third-order valence-electron chi connectivity index (χ3n) is 3.70. The van der Waals surface area contributed by atoms with E-state index in [4.69, 9.17) is 48.0 Å². The smallest absolute Gasteiger partial charge is 0.434 e. The van der Waals surface area contributed by atoms with Gasteiger partial charge in [0.25, 0.3) is 5.09 Å². The molecule has 0 spiro atoms. The zero-order valence-electron chi connectivity index (χ0n) is 15.9. The molecule has 0 amide bonds.